The van der Waals surface area contributed by atoms with Crippen LogP contribution in [0.3, 0.4) is 0 Å². The minimum Gasteiger partial charge on any atom is -0.449 e. The van der Waals surface area contributed by atoms with Gasteiger partial charge >= 0.3 is 5.97 Å². The Morgan fingerprint density at radius 1 is 1.07 bits per heavy atom. The van der Waals surface area contributed by atoms with Crippen molar-refractivity contribution in [1.82, 2.24) is 0 Å². The maximum Gasteiger partial charge on any atom is 0.341 e. The van der Waals surface area contributed by atoms with Crippen molar-refractivity contribution in [1.29, 1.82) is 0 Å². The van der Waals surface area contributed by atoms with Crippen LogP contribution in [0.2, 0.25) is 0 Å². The van der Waals surface area contributed by atoms with E-state index >= 15 is 0 Å². The Morgan fingerprint density at radius 3 is 2.54 bits per heavy atom. The molecule has 0 aliphatic heterocycles. The minimum atomic E-state index is -0.989. The van der Waals surface area contributed by atoms with E-state index in [4.69, 9.17) is 4.74 Å². The maximum atomic E-state index is 12.5. The van der Waals surface area contributed by atoms with E-state index < -0.39 is 18.0 Å². The molecule has 0 radical (unpaired) electrons. The van der Waals surface area contributed by atoms with Crippen molar-refractivity contribution >= 4 is 29.0 Å². The van der Waals surface area contributed by atoms with E-state index in [9.17, 15) is 14.4 Å². The van der Waals surface area contributed by atoms with E-state index in [0.29, 0.717) is 22.5 Å². The van der Waals surface area contributed by atoms with Crippen molar-refractivity contribution in [2.45, 2.75) is 39.7 Å². The molecule has 0 aliphatic rings. The van der Waals surface area contributed by atoms with Crippen LogP contribution in [-0.4, -0.2) is 30.3 Å². The molecule has 0 saturated carbocycles. The van der Waals surface area contributed by atoms with Crippen LogP contribution in [0, 0.1) is 0 Å². The molecule has 0 aromatic heterocycles. The number of ketones is 1. The molecule has 0 fully saturated rings. The van der Waals surface area contributed by atoms with Crippen molar-refractivity contribution in [3.63, 3.8) is 0 Å². The molecule has 148 valence electrons. The van der Waals surface area contributed by atoms with Gasteiger partial charge in [-0.1, -0.05) is 37.6 Å². The van der Waals surface area contributed by atoms with Crippen LogP contribution in [0.4, 0.5) is 11.4 Å². The molecule has 1 atom stereocenters. The Labute approximate surface area is 165 Å². The number of hydrogen-bond acceptors (Lipinski definition) is 5. The molecule has 28 heavy (non-hydrogen) atoms. The first-order chi connectivity index (χ1) is 13.4. The molecular formula is C22H26N2O4. The summed E-state index contributed by atoms with van der Waals surface area (Å²) in [5.74, 6) is -1.13. The number of unbranched alkanes of at least 4 members (excludes halogenated alkanes) is 1. The number of benzene rings is 2. The monoisotopic (exact) mass is 382 g/mol. The number of nitrogens with one attached hydrogen (secondary N) is 2. The van der Waals surface area contributed by atoms with Crippen LogP contribution >= 0.6 is 0 Å². The van der Waals surface area contributed by atoms with Gasteiger partial charge < -0.3 is 15.4 Å². The van der Waals surface area contributed by atoms with Crippen molar-refractivity contribution in [3.05, 3.63) is 59.7 Å². The smallest absolute Gasteiger partial charge is 0.341 e. The standard InChI is InChI=1S/C22H26N2O4/c1-4-5-13-23-20-12-7-6-11-19(20)22(27)28-16(3)21(26)24-18-10-8-9-17(14-18)15(2)25/h6-12,14,16,23H,4-5,13H2,1-3H3,(H,24,26). The van der Waals surface area contributed by atoms with E-state index in [2.05, 4.69) is 17.6 Å². The summed E-state index contributed by atoms with van der Waals surface area (Å²) in [7, 11) is 0. The summed E-state index contributed by atoms with van der Waals surface area (Å²) < 4.78 is 5.34. The largest absolute Gasteiger partial charge is 0.449 e. The Balaban J connectivity index is 2.01. The van der Waals surface area contributed by atoms with Gasteiger partial charge in [-0.05, 0) is 44.5 Å². The van der Waals surface area contributed by atoms with E-state index in [1.165, 1.54) is 13.8 Å². The Kier molecular flexibility index (Phi) is 7.75. The molecule has 0 heterocycles. The van der Waals surface area contributed by atoms with Crippen LogP contribution in [0.15, 0.2) is 48.5 Å². The van der Waals surface area contributed by atoms with E-state index in [0.717, 1.165) is 19.4 Å². The van der Waals surface area contributed by atoms with Crippen LogP contribution in [-0.2, 0) is 9.53 Å². The molecule has 1 amide bonds. The SMILES string of the molecule is CCCCNc1ccccc1C(=O)OC(C)C(=O)Nc1cccc(C(C)=O)c1. The number of amides is 1. The minimum absolute atomic E-state index is 0.0947. The average molecular weight is 382 g/mol. The van der Waals surface area contributed by atoms with Gasteiger partial charge in [0.25, 0.3) is 5.91 Å². The fraction of sp³-hybridized carbons (Fsp3) is 0.318. The van der Waals surface area contributed by atoms with Gasteiger partial charge in [0.2, 0.25) is 0 Å². The number of para-hydroxylation sites is 1. The first kappa shape index (κ1) is 21.2. The van der Waals surface area contributed by atoms with Gasteiger partial charge in [0.05, 0.1) is 5.56 Å². The highest BCUT2D eigenvalue weighted by molar-refractivity contribution is 6.00. The number of Topliss-reactive ketones (excluding diaryl/α,β-unsaturated/α-hetero) is 1. The number of esters is 1. The predicted molar refractivity (Wildman–Crippen MR) is 110 cm³/mol. The first-order valence-electron chi connectivity index (χ1n) is 9.38. The molecule has 2 rings (SSSR count). The summed E-state index contributed by atoms with van der Waals surface area (Å²) in [5.41, 5.74) is 2.04. The van der Waals surface area contributed by atoms with Gasteiger partial charge in [-0.2, -0.15) is 0 Å². The predicted octanol–water partition coefficient (Wildman–Crippen LogP) is 4.29. The third-order valence-corrected chi connectivity index (χ3v) is 4.18. The number of rotatable bonds is 9. The summed E-state index contributed by atoms with van der Waals surface area (Å²) >= 11 is 0. The third-order valence-electron chi connectivity index (χ3n) is 4.18. The summed E-state index contributed by atoms with van der Waals surface area (Å²) in [6, 6.07) is 13.7. The summed E-state index contributed by atoms with van der Waals surface area (Å²) in [6.45, 7) is 5.81. The number of ether oxygens (including phenoxy) is 1. The van der Waals surface area contributed by atoms with E-state index in [1.807, 2.05) is 12.1 Å². The first-order valence-corrected chi connectivity index (χ1v) is 9.38. The second-order valence-corrected chi connectivity index (χ2v) is 6.50. The van der Waals surface area contributed by atoms with Gasteiger partial charge in [0.1, 0.15) is 0 Å². The van der Waals surface area contributed by atoms with Crippen molar-refractivity contribution in [3.8, 4) is 0 Å². The highest BCUT2D eigenvalue weighted by Crippen LogP contribution is 2.18. The second-order valence-electron chi connectivity index (χ2n) is 6.50. The summed E-state index contributed by atoms with van der Waals surface area (Å²) in [6.07, 6.45) is 1.04. The molecule has 2 N–H and O–H groups in total. The fourth-order valence-corrected chi connectivity index (χ4v) is 2.55. The molecule has 0 saturated heterocycles. The Bertz CT molecular complexity index is 848. The fourth-order valence-electron chi connectivity index (χ4n) is 2.55. The van der Waals surface area contributed by atoms with E-state index in [1.54, 1.807) is 36.4 Å². The van der Waals surface area contributed by atoms with Gasteiger partial charge in [0, 0.05) is 23.5 Å². The zero-order valence-corrected chi connectivity index (χ0v) is 16.5. The summed E-state index contributed by atoms with van der Waals surface area (Å²) in [5, 5.41) is 5.89. The Hall–Kier alpha value is -3.15. The molecule has 2 aromatic carbocycles. The molecule has 6 nitrogen and oxygen atoms in total. The molecular weight excluding hydrogens is 356 g/mol. The molecule has 1 unspecified atom stereocenters. The number of hydrogen-bond donors (Lipinski definition) is 2. The van der Waals surface area contributed by atoms with Gasteiger partial charge in [-0.25, -0.2) is 4.79 Å². The van der Waals surface area contributed by atoms with E-state index in [-0.39, 0.29) is 5.78 Å². The zero-order chi connectivity index (χ0) is 20.5. The van der Waals surface area contributed by atoms with Crippen molar-refractivity contribution < 1.29 is 19.1 Å². The normalized spacial score (nSPS) is 11.4. The van der Waals surface area contributed by atoms with Crippen LogP contribution in [0.25, 0.3) is 0 Å². The number of anilines is 2. The van der Waals surface area contributed by atoms with Crippen LogP contribution in [0.1, 0.15) is 54.3 Å². The van der Waals surface area contributed by atoms with Crippen molar-refractivity contribution in [2.24, 2.45) is 0 Å². The van der Waals surface area contributed by atoms with Crippen molar-refractivity contribution in [2.75, 3.05) is 17.2 Å². The van der Waals surface area contributed by atoms with Gasteiger partial charge in [0.15, 0.2) is 11.9 Å². The molecule has 0 bridgehead atoms. The average Bonchev–Trinajstić information content (AvgIpc) is 2.68. The quantitative estimate of drug-likeness (QED) is 0.384. The highest BCUT2D eigenvalue weighted by atomic mass is 16.5. The lowest BCUT2D eigenvalue weighted by Crippen LogP contribution is -2.30. The molecule has 2 aromatic rings. The second kappa shape index (κ2) is 10.3. The lowest BCUT2D eigenvalue weighted by atomic mass is 10.1. The van der Waals surface area contributed by atoms with Crippen LogP contribution < -0.4 is 10.6 Å². The van der Waals surface area contributed by atoms with Gasteiger partial charge in [-0.3, -0.25) is 9.59 Å². The molecule has 0 spiro atoms. The van der Waals surface area contributed by atoms with Crippen LogP contribution in [0.5, 0.6) is 0 Å². The lowest BCUT2D eigenvalue weighted by Gasteiger charge is -2.16. The number of carbonyl (C=O) groups is 3. The summed E-state index contributed by atoms with van der Waals surface area (Å²) in [4.78, 5) is 36.3. The third kappa shape index (κ3) is 5.94. The van der Waals surface area contributed by atoms with Gasteiger partial charge in [-0.15, -0.1) is 0 Å². The zero-order valence-electron chi connectivity index (χ0n) is 16.5. The lowest BCUT2D eigenvalue weighted by molar-refractivity contribution is -0.123. The number of carbonyl (C=O) groups excluding carboxylic acids is 3. The maximum absolute atomic E-state index is 12.5. The topological polar surface area (TPSA) is 84.5 Å². The highest BCUT2D eigenvalue weighted by Gasteiger charge is 2.21. The molecule has 6 heteroatoms. The molecule has 0 aliphatic carbocycles. The Morgan fingerprint density at radius 2 is 1.82 bits per heavy atom.